The highest BCUT2D eigenvalue weighted by Gasteiger charge is 2.48. The summed E-state index contributed by atoms with van der Waals surface area (Å²) in [5.74, 6) is 0.156. The molecule has 0 aliphatic heterocycles. The number of nitriles is 1. The van der Waals surface area contributed by atoms with Crippen LogP contribution in [0.4, 0.5) is 0 Å². The molecular formula is C19H15ClN6O4. The van der Waals surface area contributed by atoms with E-state index in [1.54, 1.807) is 19.1 Å². The Hall–Kier alpha value is -3.26. The van der Waals surface area contributed by atoms with E-state index in [1.807, 2.05) is 6.07 Å². The highest BCUT2D eigenvalue weighted by Crippen LogP contribution is 2.44. The molecule has 1 unspecified atom stereocenters. The van der Waals surface area contributed by atoms with Gasteiger partial charge in [-0.1, -0.05) is 16.8 Å². The number of aliphatic hydroxyl groups excluding tert-OH is 1. The molecule has 1 fully saturated rings. The Morgan fingerprint density at radius 1 is 1.40 bits per heavy atom. The molecule has 3 heterocycles. The van der Waals surface area contributed by atoms with Crippen molar-refractivity contribution in [1.82, 2.24) is 24.1 Å². The summed E-state index contributed by atoms with van der Waals surface area (Å²) in [4.78, 5) is 22.0. The summed E-state index contributed by atoms with van der Waals surface area (Å²) >= 11 is 6.20. The number of nitrogens with zero attached hydrogens (tertiary/aromatic N) is 6. The van der Waals surface area contributed by atoms with Gasteiger partial charge in [0.15, 0.2) is 0 Å². The van der Waals surface area contributed by atoms with Crippen molar-refractivity contribution in [2.75, 3.05) is 6.61 Å². The van der Waals surface area contributed by atoms with Crippen LogP contribution < -0.4 is 5.56 Å². The average molecular weight is 427 g/mol. The highest BCUT2D eigenvalue weighted by atomic mass is 35.5. The lowest BCUT2D eigenvalue weighted by Crippen LogP contribution is -2.28. The molecule has 1 aliphatic rings. The SMILES string of the molecule is CC(CO)n1c(=O)c2c(-c3noc(C4(O)CC4)n3)ncn2c2ccc(Cl)c(C#N)c21. The van der Waals surface area contributed by atoms with E-state index in [0.717, 1.165) is 0 Å². The molecule has 1 aromatic carbocycles. The third-order valence-corrected chi connectivity index (χ3v) is 5.69. The molecule has 2 N–H and O–H groups in total. The number of aromatic nitrogens is 5. The molecule has 0 saturated heterocycles. The van der Waals surface area contributed by atoms with Gasteiger partial charge in [0.2, 0.25) is 5.82 Å². The van der Waals surface area contributed by atoms with E-state index >= 15 is 0 Å². The van der Waals surface area contributed by atoms with E-state index in [-0.39, 0.29) is 40.1 Å². The molecule has 11 heteroatoms. The fourth-order valence-electron chi connectivity index (χ4n) is 3.56. The third-order valence-electron chi connectivity index (χ3n) is 5.37. The zero-order chi connectivity index (χ0) is 21.2. The quantitative estimate of drug-likeness (QED) is 0.502. The fourth-order valence-corrected chi connectivity index (χ4v) is 3.75. The van der Waals surface area contributed by atoms with Crippen LogP contribution >= 0.6 is 11.6 Å². The van der Waals surface area contributed by atoms with Crippen molar-refractivity contribution in [2.45, 2.75) is 31.4 Å². The molecule has 10 nitrogen and oxygen atoms in total. The van der Waals surface area contributed by atoms with Crippen LogP contribution in [-0.2, 0) is 5.60 Å². The maximum Gasteiger partial charge on any atom is 0.278 e. The average Bonchev–Trinajstić information content (AvgIpc) is 3.14. The number of benzene rings is 1. The maximum atomic E-state index is 13.5. The number of hydrogen-bond acceptors (Lipinski definition) is 8. The lowest BCUT2D eigenvalue weighted by molar-refractivity contribution is 0.108. The van der Waals surface area contributed by atoms with E-state index in [4.69, 9.17) is 16.1 Å². The molecule has 4 aromatic rings. The predicted octanol–water partition coefficient (Wildman–Crippen LogP) is 1.76. The van der Waals surface area contributed by atoms with Gasteiger partial charge in [0, 0.05) is 0 Å². The first kappa shape index (κ1) is 18.7. The normalized spacial score (nSPS) is 16.1. The van der Waals surface area contributed by atoms with E-state index in [2.05, 4.69) is 15.1 Å². The zero-order valence-electron chi connectivity index (χ0n) is 15.7. The van der Waals surface area contributed by atoms with Crippen LogP contribution in [0.25, 0.3) is 28.1 Å². The zero-order valence-corrected chi connectivity index (χ0v) is 16.5. The Labute approximate surface area is 173 Å². The second-order valence-electron chi connectivity index (χ2n) is 7.38. The minimum Gasteiger partial charge on any atom is -0.394 e. The maximum absolute atomic E-state index is 13.5. The molecule has 0 bridgehead atoms. The lowest BCUT2D eigenvalue weighted by Gasteiger charge is -2.18. The van der Waals surface area contributed by atoms with Crippen LogP contribution in [0.3, 0.4) is 0 Å². The Kier molecular flexibility index (Phi) is 3.98. The number of hydrogen-bond donors (Lipinski definition) is 2. The molecule has 0 radical (unpaired) electrons. The van der Waals surface area contributed by atoms with E-state index in [9.17, 15) is 20.3 Å². The minimum absolute atomic E-state index is 0.0712. The van der Waals surface area contributed by atoms with E-state index in [0.29, 0.717) is 23.9 Å². The molecule has 3 aromatic heterocycles. The van der Waals surface area contributed by atoms with Gasteiger partial charge in [-0.2, -0.15) is 10.2 Å². The number of rotatable bonds is 4. The van der Waals surface area contributed by atoms with Crippen molar-refractivity contribution >= 4 is 28.2 Å². The van der Waals surface area contributed by atoms with E-state index in [1.165, 1.54) is 15.3 Å². The van der Waals surface area contributed by atoms with Crippen molar-refractivity contribution in [2.24, 2.45) is 0 Å². The Morgan fingerprint density at radius 3 is 2.83 bits per heavy atom. The van der Waals surface area contributed by atoms with Crippen LogP contribution in [0.2, 0.25) is 5.02 Å². The first-order chi connectivity index (χ1) is 14.4. The molecule has 1 aliphatic carbocycles. The molecule has 1 atom stereocenters. The number of fused-ring (bicyclic) bond motifs is 3. The van der Waals surface area contributed by atoms with Gasteiger partial charge in [0.25, 0.3) is 11.4 Å². The topological polar surface area (TPSA) is 142 Å². The highest BCUT2D eigenvalue weighted by molar-refractivity contribution is 6.32. The van der Waals surface area contributed by atoms with Crippen LogP contribution in [0.1, 0.15) is 37.3 Å². The molecule has 30 heavy (non-hydrogen) atoms. The van der Waals surface area contributed by atoms with Gasteiger partial charge < -0.3 is 14.7 Å². The summed E-state index contributed by atoms with van der Waals surface area (Å²) in [6, 6.07) is 4.64. The van der Waals surface area contributed by atoms with Crippen molar-refractivity contribution in [3.63, 3.8) is 0 Å². The summed E-state index contributed by atoms with van der Waals surface area (Å²) < 4.78 is 8.04. The molecule has 5 rings (SSSR count). The van der Waals surface area contributed by atoms with Gasteiger partial charge in [0.05, 0.1) is 34.3 Å². The summed E-state index contributed by atoms with van der Waals surface area (Å²) in [6.45, 7) is 1.33. The fraction of sp³-hybridized carbons (Fsp3) is 0.316. The largest absolute Gasteiger partial charge is 0.394 e. The number of aliphatic hydroxyl groups is 2. The van der Waals surface area contributed by atoms with Gasteiger partial charge in [-0.15, -0.1) is 0 Å². The molecule has 0 spiro atoms. The molecule has 0 amide bonds. The van der Waals surface area contributed by atoms with E-state index < -0.39 is 17.2 Å². The first-order valence-electron chi connectivity index (χ1n) is 9.21. The summed E-state index contributed by atoms with van der Waals surface area (Å²) in [5.41, 5.74) is -0.341. The van der Waals surface area contributed by atoms with Crippen molar-refractivity contribution in [3.8, 4) is 17.6 Å². The first-order valence-corrected chi connectivity index (χ1v) is 9.59. The standard InChI is InChI=1S/C19H15ClN6O4/c1-9(7-27)26-14-10(6-21)11(20)2-3-12(14)25-8-22-13(15(25)17(26)28)16-23-18(30-24-16)19(29)4-5-19/h2-3,8-9,27,29H,4-5,7H2,1H3. The predicted molar refractivity (Wildman–Crippen MR) is 105 cm³/mol. The number of imidazole rings is 1. The van der Waals surface area contributed by atoms with Gasteiger partial charge in [-0.25, -0.2) is 4.98 Å². The van der Waals surface area contributed by atoms with Crippen LogP contribution in [0, 0.1) is 11.3 Å². The Bertz CT molecular complexity index is 1430. The van der Waals surface area contributed by atoms with Crippen LogP contribution in [0.5, 0.6) is 0 Å². The monoisotopic (exact) mass is 426 g/mol. The minimum atomic E-state index is -1.11. The second kappa shape index (κ2) is 6.37. The molecular weight excluding hydrogens is 412 g/mol. The smallest absolute Gasteiger partial charge is 0.278 e. The number of halogens is 1. The molecule has 1 saturated carbocycles. The molecule has 152 valence electrons. The van der Waals surface area contributed by atoms with Crippen molar-refractivity contribution in [1.29, 1.82) is 5.26 Å². The van der Waals surface area contributed by atoms with Gasteiger partial charge in [0.1, 0.15) is 29.2 Å². The summed E-state index contributed by atoms with van der Waals surface area (Å²) in [6.07, 6.45) is 2.49. The summed E-state index contributed by atoms with van der Waals surface area (Å²) in [5, 5.41) is 33.7. The van der Waals surface area contributed by atoms with Crippen molar-refractivity contribution < 1.29 is 14.7 Å². The lowest BCUT2D eigenvalue weighted by atomic mass is 10.1. The third kappa shape index (κ3) is 2.50. The van der Waals surface area contributed by atoms with Crippen molar-refractivity contribution in [3.05, 3.63) is 45.3 Å². The summed E-state index contributed by atoms with van der Waals surface area (Å²) in [7, 11) is 0. The van der Waals surface area contributed by atoms with Crippen LogP contribution in [0.15, 0.2) is 27.8 Å². The van der Waals surface area contributed by atoms with Gasteiger partial charge in [-0.3, -0.25) is 13.8 Å². The second-order valence-corrected chi connectivity index (χ2v) is 7.78. The van der Waals surface area contributed by atoms with Gasteiger partial charge >= 0.3 is 0 Å². The van der Waals surface area contributed by atoms with Crippen LogP contribution in [-0.4, -0.2) is 40.9 Å². The van der Waals surface area contributed by atoms with Gasteiger partial charge in [-0.05, 0) is 31.9 Å². The Balaban J connectivity index is 1.88. The Morgan fingerprint density at radius 2 is 2.17 bits per heavy atom.